The second kappa shape index (κ2) is 9.27. The molecule has 6 heteroatoms. The SMILES string of the molecule is O=C(NC[C@@H]1CCCCN1Cc1ccccc1)[C@H]1CC(=O)N(Cc2ccco2)C1. The van der Waals surface area contributed by atoms with Crippen LogP contribution in [0.4, 0.5) is 0 Å². The third-order valence-corrected chi connectivity index (χ3v) is 6.00. The largest absolute Gasteiger partial charge is 0.467 e. The predicted octanol–water partition coefficient (Wildman–Crippen LogP) is 2.80. The van der Waals surface area contributed by atoms with Crippen LogP contribution in [0.1, 0.15) is 37.0 Å². The van der Waals surface area contributed by atoms with Gasteiger partial charge in [0.1, 0.15) is 5.76 Å². The molecular weight excluding hydrogens is 366 g/mol. The molecule has 1 aromatic heterocycles. The zero-order chi connectivity index (χ0) is 20.1. The highest BCUT2D eigenvalue weighted by Crippen LogP contribution is 2.22. The van der Waals surface area contributed by atoms with Gasteiger partial charge in [-0.2, -0.15) is 0 Å². The first-order chi connectivity index (χ1) is 14.2. The molecule has 0 bridgehead atoms. The van der Waals surface area contributed by atoms with Crippen molar-refractivity contribution in [1.82, 2.24) is 15.1 Å². The lowest BCUT2D eigenvalue weighted by Gasteiger charge is -2.36. The van der Waals surface area contributed by atoms with E-state index in [4.69, 9.17) is 4.42 Å². The van der Waals surface area contributed by atoms with E-state index in [9.17, 15) is 9.59 Å². The van der Waals surface area contributed by atoms with Gasteiger partial charge in [0, 0.05) is 32.1 Å². The van der Waals surface area contributed by atoms with Crippen molar-refractivity contribution in [2.75, 3.05) is 19.6 Å². The van der Waals surface area contributed by atoms with Gasteiger partial charge in [0.05, 0.1) is 18.7 Å². The van der Waals surface area contributed by atoms with Crippen molar-refractivity contribution >= 4 is 11.8 Å². The summed E-state index contributed by atoms with van der Waals surface area (Å²) in [6.07, 6.45) is 5.39. The maximum absolute atomic E-state index is 12.7. The van der Waals surface area contributed by atoms with Crippen molar-refractivity contribution in [3.63, 3.8) is 0 Å². The Morgan fingerprint density at radius 3 is 2.76 bits per heavy atom. The molecule has 0 aliphatic carbocycles. The van der Waals surface area contributed by atoms with Crippen molar-refractivity contribution in [2.24, 2.45) is 5.92 Å². The number of nitrogens with one attached hydrogen (secondary N) is 1. The maximum Gasteiger partial charge on any atom is 0.225 e. The minimum Gasteiger partial charge on any atom is -0.467 e. The minimum atomic E-state index is -0.274. The number of hydrogen-bond acceptors (Lipinski definition) is 4. The number of hydrogen-bond donors (Lipinski definition) is 1. The second-order valence-corrected chi connectivity index (χ2v) is 8.11. The summed E-state index contributed by atoms with van der Waals surface area (Å²) in [6.45, 7) is 3.52. The summed E-state index contributed by atoms with van der Waals surface area (Å²) < 4.78 is 5.33. The molecule has 154 valence electrons. The van der Waals surface area contributed by atoms with Crippen molar-refractivity contribution in [1.29, 1.82) is 0 Å². The molecule has 2 aliphatic heterocycles. The van der Waals surface area contributed by atoms with E-state index in [1.165, 1.54) is 18.4 Å². The number of piperidine rings is 1. The summed E-state index contributed by atoms with van der Waals surface area (Å²) in [5.41, 5.74) is 1.31. The molecule has 2 aliphatic rings. The average molecular weight is 396 g/mol. The third-order valence-electron chi connectivity index (χ3n) is 6.00. The summed E-state index contributed by atoms with van der Waals surface area (Å²) >= 11 is 0. The first-order valence-corrected chi connectivity index (χ1v) is 10.5. The number of benzene rings is 1. The van der Waals surface area contributed by atoms with Crippen LogP contribution < -0.4 is 5.32 Å². The highest BCUT2D eigenvalue weighted by molar-refractivity contribution is 5.89. The van der Waals surface area contributed by atoms with Crippen LogP contribution in [0.25, 0.3) is 0 Å². The zero-order valence-electron chi connectivity index (χ0n) is 16.8. The summed E-state index contributed by atoms with van der Waals surface area (Å²) in [4.78, 5) is 29.2. The number of nitrogens with zero attached hydrogens (tertiary/aromatic N) is 2. The van der Waals surface area contributed by atoms with Crippen LogP contribution >= 0.6 is 0 Å². The van der Waals surface area contributed by atoms with E-state index in [1.54, 1.807) is 11.2 Å². The van der Waals surface area contributed by atoms with E-state index in [0.717, 1.165) is 25.3 Å². The molecule has 1 N–H and O–H groups in total. The summed E-state index contributed by atoms with van der Waals surface area (Å²) in [7, 11) is 0. The number of furan rings is 1. The van der Waals surface area contributed by atoms with Crippen molar-refractivity contribution in [2.45, 2.75) is 44.8 Å². The number of rotatable bonds is 7. The molecule has 2 atom stereocenters. The first kappa shape index (κ1) is 19.7. The predicted molar refractivity (Wildman–Crippen MR) is 110 cm³/mol. The topological polar surface area (TPSA) is 65.8 Å². The highest BCUT2D eigenvalue weighted by Gasteiger charge is 2.35. The van der Waals surface area contributed by atoms with Gasteiger partial charge in [0.2, 0.25) is 11.8 Å². The van der Waals surface area contributed by atoms with E-state index >= 15 is 0 Å². The number of amides is 2. The molecule has 3 heterocycles. The van der Waals surface area contributed by atoms with Crippen LogP contribution in [0, 0.1) is 5.92 Å². The molecule has 0 spiro atoms. The Bertz CT molecular complexity index is 806. The highest BCUT2D eigenvalue weighted by atomic mass is 16.3. The van der Waals surface area contributed by atoms with Gasteiger partial charge in [0.25, 0.3) is 0 Å². The monoisotopic (exact) mass is 395 g/mol. The summed E-state index contributed by atoms with van der Waals surface area (Å²) in [5.74, 6) is 0.484. The Morgan fingerprint density at radius 2 is 1.97 bits per heavy atom. The van der Waals surface area contributed by atoms with E-state index in [-0.39, 0.29) is 24.2 Å². The van der Waals surface area contributed by atoms with E-state index in [0.29, 0.717) is 25.7 Å². The van der Waals surface area contributed by atoms with Crippen molar-refractivity contribution < 1.29 is 14.0 Å². The fraction of sp³-hybridized carbons (Fsp3) is 0.478. The summed E-state index contributed by atoms with van der Waals surface area (Å²) in [6, 6.07) is 14.5. The Balaban J connectivity index is 1.28. The van der Waals surface area contributed by atoms with Gasteiger partial charge in [-0.3, -0.25) is 14.5 Å². The molecule has 2 aromatic rings. The minimum absolute atomic E-state index is 0.00877. The lowest BCUT2D eigenvalue weighted by molar-refractivity contribution is -0.129. The van der Waals surface area contributed by atoms with Gasteiger partial charge < -0.3 is 14.6 Å². The van der Waals surface area contributed by atoms with Crippen LogP contribution in [-0.4, -0.2) is 47.3 Å². The lowest BCUT2D eigenvalue weighted by atomic mass is 10.0. The molecule has 2 saturated heterocycles. The van der Waals surface area contributed by atoms with E-state index in [1.807, 2.05) is 18.2 Å². The molecular formula is C23H29N3O3. The Morgan fingerprint density at radius 1 is 1.10 bits per heavy atom. The van der Waals surface area contributed by atoms with Crippen molar-refractivity contribution in [3.8, 4) is 0 Å². The van der Waals surface area contributed by atoms with Gasteiger partial charge in [-0.1, -0.05) is 36.8 Å². The van der Waals surface area contributed by atoms with Crippen LogP contribution in [0.3, 0.4) is 0 Å². The van der Waals surface area contributed by atoms with E-state index in [2.05, 4.69) is 34.5 Å². The molecule has 0 radical (unpaired) electrons. The normalized spacial score (nSPS) is 22.8. The standard InChI is InChI=1S/C23H29N3O3/c27-22-13-19(16-26(22)17-21-10-6-12-29-21)23(28)24-14-20-9-4-5-11-25(20)15-18-7-2-1-3-8-18/h1-3,6-8,10,12,19-20H,4-5,9,11,13-17H2,(H,24,28)/t19-,20-/m0/s1. The zero-order valence-corrected chi connectivity index (χ0v) is 16.8. The lowest BCUT2D eigenvalue weighted by Crippen LogP contribution is -2.47. The van der Waals surface area contributed by atoms with Gasteiger partial charge in [-0.25, -0.2) is 0 Å². The molecule has 2 amide bonds. The fourth-order valence-corrected chi connectivity index (χ4v) is 4.37. The smallest absolute Gasteiger partial charge is 0.225 e. The first-order valence-electron chi connectivity index (χ1n) is 10.5. The van der Waals surface area contributed by atoms with Gasteiger partial charge in [0.15, 0.2) is 0 Å². The van der Waals surface area contributed by atoms with Gasteiger partial charge >= 0.3 is 0 Å². The second-order valence-electron chi connectivity index (χ2n) is 8.11. The Labute approximate surface area is 171 Å². The Kier molecular flexibility index (Phi) is 6.30. The van der Waals surface area contributed by atoms with Crippen LogP contribution in [0.2, 0.25) is 0 Å². The molecule has 4 rings (SSSR count). The van der Waals surface area contributed by atoms with Crippen LogP contribution in [-0.2, 0) is 22.7 Å². The maximum atomic E-state index is 12.7. The van der Waals surface area contributed by atoms with Gasteiger partial charge in [-0.15, -0.1) is 0 Å². The Hall–Kier alpha value is -2.60. The number of carbonyl (C=O) groups excluding carboxylic acids is 2. The van der Waals surface area contributed by atoms with Gasteiger partial charge in [-0.05, 0) is 37.1 Å². The number of likely N-dealkylation sites (tertiary alicyclic amines) is 2. The van der Waals surface area contributed by atoms with Crippen LogP contribution in [0.5, 0.6) is 0 Å². The third kappa shape index (κ3) is 5.07. The molecule has 1 aromatic carbocycles. The fourth-order valence-electron chi connectivity index (χ4n) is 4.37. The molecule has 0 unspecified atom stereocenters. The molecule has 6 nitrogen and oxygen atoms in total. The van der Waals surface area contributed by atoms with Crippen LogP contribution in [0.15, 0.2) is 53.1 Å². The quantitative estimate of drug-likeness (QED) is 0.783. The molecule has 29 heavy (non-hydrogen) atoms. The molecule has 0 saturated carbocycles. The molecule has 2 fully saturated rings. The van der Waals surface area contributed by atoms with Crippen molar-refractivity contribution in [3.05, 3.63) is 60.1 Å². The average Bonchev–Trinajstić information content (AvgIpc) is 3.38. The van der Waals surface area contributed by atoms with E-state index < -0.39 is 0 Å². The number of carbonyl (C=O) groups is 2. The summed E-state index contributed by atoms with van der Waals surface area (Å²) in [5, 5.41) is 3.13.